The minimum absolute atomic E-state index is 0.353. The number of rotatable bonds is 4. The third-order valence-electron chi connectivity index (χ3n) is 2.17. The lowest BCUT2D eigenvalue weighted by Crippen LogP contribution is -2.33. The van der Waals surface area contributed by atoms with E-state index in [0.29, 0.717) is 5.75 Å². The van der Waals surface area contributed by atoms with Gasteiger partial charge < -0.3 is 9.64 Å². The minimum atomic E-state index is -0.353. The Bertz CT molecular complexity index is 351. The van der Waals surface area contributed by atoms with Crippen LogP contribution < -0.4 is 9.30 Å². The Morgan fingerprint density at radius 3 is 2.88 bits per heavy atom. The molecular weight excluding hydrogens is 204 g/mol. The van der Waals surface area contributed by atoms with Gasteiger partial charge in [0.2, 0.25) is 6.20 Å². The van der Waals surface area contributed by atoms with Crippen LogP contribution >= 0.6 is 0 Å². The Morgan fingerprint density at radius 1 is 1.50 bits per heavy atom. The van der Waals surface area contributed by atoms with E-state index in [2.05, 4.69) is 6.92 Å². The fourth-order valence-corrected chi connectivity index (χ4v) is 1.23. The zero-order chi connectivity index (χ0) is 12.0. The fraction of sp³-hybridized carbons (Fsp3) is 0.500. The number of nitrogens with zero attached hydrogens (tertiary/aromatic N) is 2. The largest absolute Gasteiger partial charge is 0.414 e. The maximum atomic E-state index is 11.3. The summed E-state index contributed by atoms with van der Waals surface area (Å²) in [4.78, 5) is 12.7. The van der Waals surface area contributed by atoms with Gasteiger partial charge >= 0.3 is 6.09 Å². The van der Waals surface area contributed by atoms with Gasteiger partial charge in [-0.15, -0.1) is 0 Å². The van der Waals surface area contributed by atoms with Crippen molar-refractivity contribution in [1.29, 1.82) is 0 Å². The van der Waals surface area contributed by atoms with Crippen molar-refractivity contribution >= 4 is 6.09 Å². The van der Waals surface area contributed by atoms with Gasteiger partial charge in [0, 0.05) is 26.6 Å². The lowest BCUT2D eigenvalue weighted by Gasteiger charge is -2.09. The molecule has 0 fully saturated rings. The summed E-state index contributed by atoms with van der Waals surface area (Å²) in [5.74, 6) is 0.581. The molecule has 16 heavy (non-hydrogen) atoms. The molecule has 0 atom stereocenters. The molecule has 0 aromatic carbocycles. The van der Waals surface area contributed by atoms with E-state index in [4.69, 9.17) is 4.74 Å². The lowest BCUT2D eigenvalue weighted by atomic mass is 10.3. The summed E-state index contributed by atoms with van der Waals surface area (Å²) in [5, 5.41) is 0. The second-order valence-electron chi connectivity index (χ2n) is 3.89. The number of ether oxygens (including phenoxy) is 1. The van der Waals surface area contributed by atoms with Crippen LogP contribution in [0.3, 0.4) is 0 Å². The summed E-state index contributed by atoms with van der Waals surface area (Å²) >= 11 is 0. The monoisotopic (exact) mass is 223 g/mol. The standard InChI is InChI=1S/C12H19N2O2/c1-4-5-8-14-9-6-7-11(10-14)16-12(15)13(2)3/h6-7,9-10H,4-5,8H2,1-3H3/q+1. The molecular formula is C12H19N2O2+. The molecule has 0 bridgehead atoms. The van der Waals surface area contributed by atoms with Gasteiger partial charge in [-0.25, -0.2) is 9.36 Å². The Labute approximate surface area is 96.5 Å². The molecule has 0 aliphatic carbocycles. The smallest absolute Gasteiger partial charge is 0.404 e. The van der Waals surface area contributed by atoms with Gasteiger partial charge in [0.05, 0.1) is 0 Å². The van der Waals surface area contributed by atoms with E-state index < -0.39 is 0 Å². The topological polar surface area (TPSA) is 33.4 Å². The summed E-state index contributed by atoms with van der Waals surface area (Å²) in [6.07, 6.45) is 5.73. The Hall–Kier alpha value is -1.58. The van der Waals surface area contributed by atoms with Gasteiger partial charge in [0.15, 0.2) is 11.9 Å². The molecule has 4 heteroatoms. The molecule has 1 aromatic rings. The molecule has 0 spiro atoms. The van der Waals surface area contributed by atoms with Crippen molar-refractivity contribution in [2.24, 2.45) is 0 Å². The Kier molecular flexibility index (Phi) is 4.76. The molecule has 4 nitrogen and oxygen atoms in total. The van der Waals surface area contributed by atoms with Crippen molar-refractivity contribution in [3.63, 3.8) is 0 Å². The third kappa shape index (κ3) is 3.88. The second kappa shape index (κ2) is 6.10. The van der Waals surface area contributed by atoms with Crippen LogP contribution in [0.4, 0.5) is 4.79 Å². The first-order chi connectivity index (χ1) is 7.63. The lowest BCUT2D eigenvalue weighted by molar-refractivity contribution is -0.697. The van der Waals surface area contributed by atoms with Crippen molar-refractivity contribution in [3.8, 4) is 5.75 Å². The maximum Gasteiger partial charge on any atom is 0.414 e. The normalized spacial score (nSPS) is 9.94. The summed E-state index contributed by atoms with van der Waals surface area (Å²) in [5.41, 5.74) is 0. The number of hydrogen-bond acceptors (Lipinski definition) is 2. The average molecular weight is 223 g/mol. The second-order valence-corrected chi connectivity index (χ2v) is 3.89. The van der Waals surface area contributed by atoms with Crippen LogP contribution in [0, 0.1) is 0 Å². The van der Waals surface area contributed by atoms with Crippen molar-refractivity contribution in [3.05, 3.63) is 24.5 Å². The zero-order valence-electron chi connectivity index (χ0n) is 10.1. The van der Waals surface area contributed by atoms with Crippen LogP contribution in [-0.4, -0.2) is 25.1 Å². The molecule has 0 unspecified atom stereocenters. The van der Waals surface area contributed by atoms with Crippen LogP contribution in [0.5, 0.6) is 5.75 Å². The predicted octanol–water partition coefficient (Wildman–Crippen LogP) is 1.83. The van der Waals surface area contributed by atoms with Crippen molar-refractivity contribution in [2.45, 2.75) is 26.3 Å². The first kappa shape index (κ1) is 12.5. The highest BCUT2D eigenvalue weighted by Crippen LogP contribution is 2.06. The number of carbonyl (C=O) groups excluding carboxylic acids is 1. The van der Waals surface area contributed by atoms with Gasteiger partial charge in [0.1, 0.15) is 6.54 Å². The molecule has 0 saturated carbocycles. The van der Waals surface area contributed by atoms with E-state index >= 15 is 0 Å². The summed E-state index contributed by atoms with van der Waals surface area (Å²) in [7, 11) is 3.33. The highest BCUT2D eigenvalue weighted by atomic mass is 16.6. The van der Waals surface area contributed by atoms with Crippen LogP contribution in [0.25, 0.3) is 0 Å². The first-order valence-electron chi connectivity index (χ1n) is 5.51. The van der Waals surface area contributed by atoms with E-state index in [9.17, 15) is 4.79 Å². The minimum Gasteiger partial charge on any atom is -0.404 e. The van der Waals surface area contributed by atoms with Gasteiger partial charge in [-0.1, -0.05) is 13.3 Å². The molecule has 1 aromatic heterocycles. The number of aryl methyl sites for hydroxylation is 1. The molecule has 0 radical (unpaired) electrons. The Balaban J connectivity index is 2.63. The highest BCUT2D eigenvalue weighted by molar-refractivity contribution is 5.69. The molecule has 88 valence electrons. The van der Waals surface area contributed by atoms with Gasteiger partial charge in [-0.05, 0) is 6.07 Å². The van der Waals surface area contributed by atoms with Crippen molar-refractivity contribution in [2.75, 3.05) is 14.1 Å². The number of pyridine rings is 1. The van der Waals surface area contributed by atoms with Crippen LogP contribution in [0.2, 0.25) is 0 Å². The Morgan fingerprint density at radius 2 is 2.25 bits per heavy atom. The predicted molar refractivity (Wildman–Crippen MR) is 61.3 cm³/mol. The quantitative estimate of drug-likeness (QED) is 0.730. The van der Waals surface area contributed by atoms with Gasteiger partial charge in [-0.2, -0.15) is 0 Å². The SMILES string of the molecule is CCCC[n+]1cccc(OC(=O)N(C)C)c1. The summed E-state index contributed by atoms with van der Waals surface area (Å²) < 4.78 is 7.19. The zero-order valence-corrected chi connectivity index (χ0v) is 10.1. The average Bonchev–Trinajstić information content (AvgIpc) is 2.26. The highest BCUT2D eigenvalue weighted by Gasteiger charge is 2.09. The number of unbranched alkanes of at least 4 members (excludes halogenated alkanes) is 1. The molecule has 1 rings (SSSR count). The number of hydrogen-bond donors (Lipinski definition) is 0. The fourth-order valence-electron chi connectivity index (χ4n) is 1.23. The summed E-state index contributed by atoms with van der Waals surface area (Å²) in [6, 6.07) is 3.66. The number of amides is 1. The van der Waals surface area contributed by atoms with E-state index in [1.54, 1.807) is 20.2 Å². The van der Waals surface area contributed by atoms with Crippen LogP contribution in [0.15, 0.2) is 24.5 Å². The molecule has 1 amide bonds. The molecule has 0 saturated heterocycles. The third-order valence-corrected chi connectivity index (χ3v) is 2.17. The van der Waals surface area contributed by atoms with Gasteiger partial charge in [0.25, 0.3) is 0 Å². The van der Waals surface area contributed by atoms with Crippen LogP contribution in [-0.2, 0) is 6.54 Å². The van der Waals surface area contributed by atoms with E-state index in [0.717, 1.165) is 19.4 Å². The van der Waals surface area contributed by atoms with E-state index in [1.807, 2.05) is 23.0 Å². The van der Waals surface area contributed by atoms with E-state index in [-0.39, 0.29) is 6.09 Å². The molecule has 1 heterocycles. The van der Waals surface area contributed by atoms with E-state index in [1.165, 1.54) is 4.90 Å². The molecule has 0 aliphatic rings. The number of carbonyl (C=O) groups is 1. The maximum absolute atomic E-state index is 11.3. The summed E-state index contributed by atoms with van der Waals surface area (Å²) in [6.45, 7) is 3.10. The van der Waals surface area contributed by atoms with Gasteiger partial charge in [-0.3, -0.25) is 0 Å². The number of aromatic nitrogens is 1. The van der Waals surface area contributed by atoms with Crippen molar-refractivity contribution < 1.29 is 14.1 Å². The molecule has 0 aliphatic heterocycles. The van der Waals surface area contributed by atoms with Crippen LogP contribution in [0.1, 0.15) is 19.8 Å². The first-order valence-corrected chi connectivity index (χ1v) is 5.51. The molecule has 0 N–H and O–H groups in total. The van der Waals surface area contributed by atoms with Crippen molar-refractivity contribution in [1.82, 2.24) is 4.90 Å².